The third-order valence-electron chi connectivity index (χ3n) is 2.73. The first-order chi connectivity index (χ1) is 10.1. The van der Waals surface area contributed by atoms with Crippen molar-refractivity contribution in [3.63, 3.8) is 0 Å². The molecule has 0 amide bonds. The highest BCUT2D eigenvalue weighted by Crippen LogP contribution is 2.51. The van der Waals surface area contributed by atoms with Crippen LogP contribution in [0, 0.1) is 0 Å². The zero-order valence-electron chi connectivity index (χ0n) is 10.7. The monoisotopic (exact) mass is 379 g/mol. The summed E-state index contributed by atoms with van der Waals surface area (Å²) >= 11 is 1.47. The van der Waals surface area contributed by atoms with E-state index in [-0.39, 0.29) is 28.4 Å². The van der Waals surface area contributed by atoms with Crippen molar-refractivity contribution in [2.45, 2.75) is 21.8 Å². The summed E-state index contributed by atoms with van der Waals surface area (Å²) in [5.74, 6) is -0.323. The lowest BCUT2D eigenvalue weighted by Gasteiger charge is -2.25. The molecule has 0 N–H and O–H groups in total. The van der Waals surface area contributed by atoms with Gasteiger partial charge >= 0.3 is 5.97 Å². The minimum Gasteiger partial charge on any atom is -0.466 e. The molecule has 0 atom stereocenters. The number of carbonyl (C=O) groups is 1. The van der Waals surface area contributed by atoms with Crippen LogP contribution in [0.4, 0.5) is 11.4 Å². The number of fused-ring (bicyclic) bond motifs is 2. The van der Waals surface area contributed by atoms with Gasteiger partial charge in [0.1, 0.15) is 19.8 Å². The van der Waals surface area contributed by atoms with E-state index >= 15 is 0 Å². The number of rotatable bonds is 4. The van der Waals surface area contributed by atoms with Crippen LogP contribution in [-0.2, 0) is 9.53 Å². The number of esters is 1. The van der Waals surface area contributed by atoms with Gasteiger partial charge < -0.3 is 9.64 Å². The molecule has 10 heteroatoms. The van der Waals surface area contributed by atoms with Gasteiger partial charge in [0, 0.05) is 6.54 Å². The Morgan fingerprint density at radius 1 is 1.05 bits per heavy atom. The number of ether oxygens (including phenoxy) is 1. The molecule has 112 valence electrons. The molecule has 5 nitrogen and oxygen atoms in total. The Morgan fingerprint density at radius 3 is 2.14 bits per heavy atom. The molecule has 0 aromatic carbocycles. The third-order valence-corrected chi connectivity index (χ3v) is 9.07. The normalized spacial score (nSPS) is 12.9. The summed E-state index contributed by atoms with van der Waals surface area (Å²) in [5, 5.41) is 0. The molecule has 3 rings (SSSR count). The summed E-state index contributed by atoms with van der Waals surface area (Å²) in [4.78, 5) is 37.4. The number of nitrogens with zero attached hydrogens (tertiary/aromatic N) is 1. The molecule has 2 aromatic heterocycles. The molecule has 0 bridgehead atoms. The van der Waals surface area contributed by atoms with Crippen molar-refractivity contribution in [3.05, 3.63) is 19.1 Å². The molecule has 0 radical (unpaired) electrons. The van der Waals surface area contributed by atoms with Gasteiger partial charge in [-0.3, -0.25) is 14.4 Å². The molecule has 1 aliphatic rings. The average Bonchev–Trinajstić information content (AvgIpc) is 3.00. The van der Waals surface area contributed by atoms with Crippen LogP contribution in [0.1, 0.15) is 13.3 Å². The van der Waals surface area contributed by atoms with E-state index in [1.54, 1.807) is 11.8 Å². The Bertz CT molecular complexity index is 731. The predicted octanol–water partition coefficient (Wildman–Crippen LogP) is 3.21. The first-order valence-corrected chi connectivity index (χ1v) is 11.1. The molecule has 3 heterocycles. The van der Waals surface area contributed by atoms with Crippen molar-refractivity contribution in [3.8, 4) is 0 Å². The molecule has 1 aliphatic heterocycles. The van der Waals surface area contributed by atoms with E-state index in [4.69, 9.17) is 4.74 Å². The zero-order chi connectivity index (χ0) is 15.0. The van der Waals surface area contributed by atoms with Gasteiger partial charge in [-0.05, 0) is 27.6 Å². The summed E-state index contributed by atoms with van der Waals surface area (Å²) in [7, 11) is 5.16. The second kappa shape index (κ2) is 6.21. The van der Waals surface area contributed by atoms with Crippen molar-refractivity contribution in [1.82, 2.24) is 0 Å². The van der Waals surface area contributed by atoms with Crippen molar-refractivity contribution in [1.29, 1.82) is 0 Å². The molecule has 0 saturated carbocycles. The molecule has 0 unspecified atom stereocenters. The van der Waals surface area contributed by atoms with Gasteiger partial charge in [0.2, 0.25) is 0 Å². The molecule has 0 aliphatic carbocycles. The maximum atomic E-state index is 12.1. The van der Waals surface area contributed by atoms with Crippen molar-refractivity contribution < 1.29 is 9.53 Å². The lowest BCUT2D eigenvalue weighted by atomic mass is 10.3. The summed E-state index contributed by atoms with van der Waals surface area (Å²) < 4.78 is 6.59. The zero-order valence-corrected chi connectivity index (χ0v) is 14.8. The fourth-order valence-electron chi connectivity index (χ4n) is 1.90. The fraction of sp³-hybridized carbons (Fsp3) is 0.364. The molecule has 0 fully saturated rings. The van der Waals surface area contributed by atoms with Gasteiger partial charge in [0.15, 0.2) is 0 Å². The Hall–Kier alpha value is -0.680. The molecule has 0 saturated heterocycles. The van der Waals surface area contributed by atoms with Crippen LogP contribution in [0.25, 0.3) is 0 Å². The van der Waals surface area contributed by atoms with Crippen LogP contribution in [0.2, 0.25) is 0 Å². The number of hydrogen-bond acceptors (Lipinski definition) is 10. The molecule has 0 spiro atoms. The Morgan fingerprint density at radius 2 is 1.62 bits per heavy atom. The maximum absolute atomic E-state index is 12.1. The highest BCUT2D eigenvalue weighted by Gasteiger charge is 2.32. The van der Waals surface area contributed by atoms with E-state index in [1.165, 1.54) is 32.4 Å². The third kappa shape index (κ3) is 2.82. The SMILES string of the molecule is CCOC(=O)CCN1c2c(ssc2=O)Sc2ssc(=O)c21. The van der Waals surface area contributed by atoms with Crippen LogP contribution >= 0.6 is 53.1 Å². The van der Waals surface area contributed by atoms with Crippen LogP contribution in [0.5, 0.6) is 0 Å². The quantitative estimate of drug-likeness (QED) is 0.600. The molecular formula is C11H9NO4S5. The van der Waals surface area contributed by atoms with Crippen LogP contribution < -0.4 is 14.4 Å². The van der Waals surface area contributed by atoms with E-state index in [0.29, 0.717) is 18.0 Å². The van der Waals surface area contributed by atoms with E-state index in [2.05, 4.69) is 0 Å². The largest absolute Gasteiger partial charge is 0.466 e. The van der Waals surface area contributed by atoms with E-state index in [9.17, 15) is 14.4 Å². The second-order valence-corrected chi connectivity index (χ2v) is 9.75. The van der Waals surface area contributed by atoms with E-state index in [1.807, 2.05) is 0 Å². The van der Waals surface area contributed by atoms with Crippen molar-refractivity contribution in [2.24, 2.45) is 0 Å². The van der Waals surface area contributed by atoms with Crippen LogP contribution in [0.3, 0.4) is 0 Å². The van der Waals surface area contributed by atoms with E-state index < -0.39 is 0 Å². The Kier molecular flexibility index (Phi) is 4.50. The van der Waals surface area contributed by atoms with Gasteiger partial charge in [-0.2, -0.15) is 0 Å². The van der Waals surface area contributed by atoms with Gasteiger partial charge in [-0.1, -0.05) is 32.4 Å². The number of hydrogen-bond donors (Lipinski definition) is 0. The fourth-order valence-corrected chi connectivity index (χ4v) is 8.39. The average molecular weight is 380 g/mol. The highest BCUT2D eigenvalue weighted by molar-refractivity contribution is 8.06. The minimum absolute atomic E-state index is 0.0624. The first-order valence-electron chi connectivity index (χ1n) is 5.99. The van der Waals surface area contributed by atoms with Crippen molar-refractivity contribution in [2.75, 3.05) is 18.1 Å². The van der Waals surface area contributed by atoms with Gasteiger partial charge in [-0.25, -0.2) is 0 Å². The van der Waals surface area contributed by atoms with Gasteiger partial charge in [0.05, 0.1) is 13.0 Å². The summed E-state index contributed by atoms with van der Waals surface area (Å²) in [6, 6.07) is 0. The topological polar surface area (TPSA) is 63.7 Å². The number of carbonyl (C=O) groups excluding carboxylic acids is 1. The maximum Gasteiger partial charge on any atom is 0.307 e. The Labute approximate surface area is 138 Å². The summed E-state index contributed by atoms with van der Waals surface area (Å²) in [5.41, 5.74) is 1.07. The minimum atomic E-state index is -0.323. The van der Waals surface area contributed by atoms with Crippen LogP contribution in [0.15, 0.2) is 18.0 Å². The number of anilines is 2. The Balaban J connectivity index is 1.96. The van der Waals surface area contributed by atoms with Gasteiger partial charge in [0.25, 0.3) is 9.48 Å². The smallest absolute Gasteiger partial charge is 0.307 e. The predicted molar refractivity (Wildman–Crippen MR) is 89.3 cm³/mol. The summed E-state index contributed by atoms with van der Waals surface area (Å²) in [6.45, 7) is 2.36. The summed E-state index contributed by atoms with van der Waals surface area (Å²) in [6.07, 6.45) is 0.150. The second-order valence-electron chi connectivity index (χ2n) is 3.99. The van der Waals surface area contributed by atoms with Gasteiger partial charge in [-0.15, -0.1) is 0 Å². The first kappa shape index (κ1) is 15.2. The molecule has 21 heavy (non-hydrogen) atoms. The molecular weight excluding hydrogens is 370 g/mol. The highest BCUT2D eigenvalue weighted by atomic mass is 32.9. The van der Waals surface area contributed by atoms with Crippen LogP contribution in [-0.4, -0.2) is 19.1 Å². The molecule has 2 aromatic rings. The lowest BCUT2D eigenvalue weighted by Crippen LogP contribution is -2.29. The standard InChI is InChI=1S/C11H9NO4S5/c1-2-16-5(13)3-4-12-6-8(14)18-20-10(6)17-11-7(12)9(15)19-21-11/h2-4H2,1H3. The van der Waals surface area contributed by atoms with Crippen molar-refractivity contribution >= 4 is 70.5 Å². The lowest BCUT2D eigenvalue weighted by molar-refractivity contribution is -0.142. The van der Waals surface area contributed by atoms with E-state index in [0.717, 1.165) is 29.1 Å².